The van der Waals surface area contributed by atoms with Crippen LogP contribution in [0.5, 0.6) is 23.0 Å². The number of hydrogen-bond acceptors (Lipinski definition) is 6. The minimum atomic E-state index is -5.63. The van der Waals surface area contributed by atoms with Crippen LogP contribution in [0.15, 0.2) is 67.0 Å². The molecule has 1 aliphatic rings. The molecule has 0 radical (unpaired) electrons. The SMILES string of the molecule is O=S(=O)(N(Cc1cccnc1)c1ccc(Oc2ccc3c(c2)OCO3)cc1)C(F)(F)F. The summed E-state index contributed by atoms with van der Waals surface area (Å²) in [7, 11) is -5.63. The number of ether oxygens (including phenoxy) is 3. The van der Waals surface area contributed by atoms with Crippen LogP contribution in [0.3, 0.4) is 0 Å². The van der Waals surface area contributed by atoms with Crippen LogP contribution >= 0.6 is 0 Å². The van der Waals surface area contributed by atoms with Crippen molar-refractivity contribution in [3.8, 4) is 23.0 Å². The number of hydrogen-bond donors (Lipinski definition) is 0. The third-order valence-electron chi connectivity index (χ3n) is 4.34. The minimum Gasteiger partial charge on any atom is -0.457 e. The zero-order chi connectivity index (χ0) is 22.1. The van der Waals surface area contributed by atoms with Gasteiger partial charge in [-0.3, -0.25) is 9.29 Å². The second-order valence-corrected chi connectivity index (χ2v) is 8.28. The lowest BCUT2D eigenvalue weighted by molar-refractivity contribution is -0.0438. The number of fused-ring (bicyclic) bond motifs is 1. The molecule has 31 heavy (non-hydrogen) atoms. The van der Waals surface area contributed by atoms with Gasteiger partial charge in [0, 0.05) is 18.5 Å². The van der Waals surface area contributed by atoms with E-state index < -0.39 is 22.1 Å². The molecule has 0 atom stereocenters. The first kappa shape index (κ1) is 20.8. The molecule has 7 nitrogen and oxygen atoms in total. The van der Waals surface area contributed by atoms with E-state index >= 15 is 0 Å². The standard InChI is InChI=1S/C20H15F3N2O5S/c21-20(22,23)31(26,27)25(12-14-2-1-9-24-11-14)15-3-5-16(6-4-15)30-17-7-8-18-19(10-17)29-13-28-18/h1-11H,12-13H2. The summed E-state index contributed by atoms with van der Waals surface area (Å²) in [6.45, 7) is -0.425. The third kappa shape index (κ3) is 4.36. The van der Waals surface area contributed by atoms with Gasteiger partial charge in [0.2, 0.25) is 6.79 Å². The van der Waals surface area contributed by atoms with E-state index in [0.717, 1.165) is 0 Å². The molecular formula is C20H15F3N2O5S. The number of benzene rings is 2. The van der Waals surface area contributed by atoms with Crippen molar-refractivity contribution in [1.29, 1.82) is 0 Å². The predicted octanol–water partition coefficient (Wildman–Crippen LogP) is 4.46. The smallest absolute Gasteiger partial charge is 0.457 e. The van der Waals surface area contributed by atoms with E-state index in [2.05, 4.69) is 4.98 Å². The van der Waals surface area contributed by atoms with Crippen molar-refractivity contribution in [2.45, 2.75) is 12.1 Å². The highest BCUT2D eigenvalue weighted by Crippen LogP contribution is 2.37. The Balaban J connectivity index is 1.60. The van der Waals surface area contributed by atoms with Gasteiger partial charge in [-0.25, -0.2) is 0 Å². The Morgan fingerprint density at radius 1 is 1.00 bits per heavy atom. The molecule has 11 heteroatoms. The van der Waals surface area contributed by atoms with Crippen LogP contribution < -0.4 is 18.5 Å². The fourth-order valence-electron chi connectivity index (χ4n) is 2.85. The molecule has 0 bridgehead atoms. The van der Waals surface area contributed by atoms with E-state index in [9.17, 15) is 21.6 Å². The summed E-state index contributed by atoms with van der Waals surface area (Å²) in [5.74, 6) is 1.81. The highest BCUT2D eigenvalue weighted by Gasteiger charge is 2.50. The maximum atomic E-state index is 13.3. The molecule has 0 saturated heterocycles. The van der Waals surface area contributed by atoms with E-state index in [1.165, 1.54) is 48.8 Å². The number of anilines is 1. The molecule has 2 heterocycles. The fourth-order valence-corrected chi connectivity index (χ4v) is 3.82. The van der Waals surface area contributed by atoms with E-state index in [1.54, 1.807) is 18.2 Å². The summed E-state index contributed by atoms with van der Waals surface area (Å²) in [5.41, 5.74) is -5.33. The molecule has 0 saturated carbocycles. The summed E-state index contributed by atoms with van der Waals surface area (Å²) in [6, 6.07) is 13.1. The summed E-state index contributed by atoms with van der Waals surface area (Å²) < 4.78 is 80.5. The molecule has 0 spiro atoms. The number of nitrogens with zero attached hydrogens (tertiary/aromatic N) is 2. The monoisotopic (exact) mass is 452 g/mol. The molecule has 0 fully saturated rings. The van der Waals surface area contributed by atoms with Crippen molar-refractivity contribution in [3.63, 3.8) is 0 Å². The first-order valence-electron chi connectivity index (χ1n) is 8.89. The Labute approximate surface area is 175 Å². The van der Waals surface area contributed by atoms with Gasteiger partial charge in [-0.15, -0.1) is 0 Å². The number of halogens is 3. The molecule has 1 aromatic heterocycles. The van der Waals surface area contributed by atoms with Crippen LogP contribution in [-0.4, -0.2) is 25.7 Å². The van der Waals surface area contributed by atoms with Gasteiger partial charge in [0.1, 0.15) is 11.5 Å². The van der Waals surface area contributed by atoms with Gasteiger partial charge in [-0.1, -0.05) is 6.07 Å². The van der Waals surface area contributed by atoms with Gasteiger partial charge in [0.05, 0.1) is 12.2 Å². The van der Waals surface area contributed by atoms with Crippen LogP contribution in [-0.2, 0) is 16.6 Å². The van der Waals surface area contributed by atoms with Gasteiger partial charge in [-0.2, -0.15) is 21.6 Å². The second-order valence-electron chi connectivity index (χ2n) is 6.43. The molecule has 0 aliphatic carbocycles. The van der Waals surface area contributed by atoms with E-state index in [4.69, 9.17) is 14.2 Å². The van der Waals surface area contributed by atoms with E-state index in [-0.39, 0.29) is 16.8 Å². The molecule has 1 aliphatic heterocycles. The topological polar surface area (TPSA) is 78.0 Å². The summed E-state index contributed by atoms with van der Waals surface area (Å²) in [5, 5.41) is 0. The maximum Gasteiger partial charge on any atom is 0.516 e. The van der Waals surface area contributed by atoms with Crippen molar-refractivity contribution in [2.24, 2.45) is 0 Å². The Morgan fingerprint density at radius 3 is 2.39 bits per heavy atom. The Hall–Kier alpha value is -3.47. The summed E-state index contributed by atoms with van der Waals surface area (Å²) in [6.07, 6.45) is 2.74. The van der Waals surface area contributed by atoms with Gasteiger partial charge in [0.15, 0.2) is 11.5 Å². The van der Waals surface area contributed by atoms with Crippen LogP contribution in [0.1, 0.15) is 5.56 Å². The molecule has 0 unspecified atom stereocenters. The second kappa shape index (κ2) is 7.99. The van der Waals surface area contributed by atoms with Crippen molar-refractivity contribution in [3.05, 3.63) is 72.6 Å². The van der Waals surface area contributed by atoms with Gasteiger partial charge in [0.25, 0.3) is 0 Å². The summed E-state index contributed by atoms with van der Waals surface area (Å²) in [4.78, 5) is 3.82. The fraction of sp³-hybridized carbons (Fsp3) is 0.150. The molecular weight excluding hydrogens is 437 g/mol. The van der Waals surface area contributed by atoms with E-state index in [1.807, 2.05) is 0 Å². The lowest BCUT2D eigenvalue weighted by Gasteiger charge is -2.25. The first-order valence-corrected chi connectivity index (χ1v) is 10.3. The van der Waals surface area contributed by atoms with Crippen molar-refractivity contribution in [2.75, 3.05) is 11.1 Å². The van der Waals surface area contributed by atoms with Gasteiger partial charge in [-0.05, 0) is 48.0 Å². The summed E-state index contributed by atoms with van der Waals surface area (Å²) >= 11 is 0. The van der Waals surface area contributed by atoms with Crippen molar-refractivity contribution < 1.29 is 35.8 Å². The largest absolute Gasteiger partial charge is 0.516 e. The van der Waals surface area contributed by atoms with Crippen LogP contribution in [0.25, 0.3) is 0 Å². The number of aromatic nitrogens is 1. The average molecular weight is 452 g/mol. The molecule has 3 aromatic rings. The molecule has 0 N–H and O–H groups in total. The molecule has 4 rings (SSSR count). The highest BCUT2D eigenvalue weighted by molar-refractivity contribution is 7.93. The van der Waals surface area contributed by atoms with Crippen LogP contribution in [0, 0.1) is 0 Å². The van der Waals surface area contributed by atoms with Gasteiger partial charge < -0.3 is 14.2 Å². The van der Waals surface area contributed by atoms with Gasteiger partial charge >= 0.3 is 15.5 Å². The Morgan fingerprint density at radius 2 is 1.71 bits per heavy atom. The third-order valence-corrected chi connectivity index (χ3v) is 5.84. The van der Waals surface area contributed by atoms with Crippen LogP contribution in [0.2, 0.25) is 0 Å². The molecule has 2 aromatic carbocycles. The normalized spacial score (nSPS) is 13.1. The average Bonchev–Trinajstić information content (AvgIpc) is 3.20. The Kier molecular flexibility index (Phi) is 5.36. The molecule has 162 valence electrons. The Bertz CT molecular complexity index is 1170. The van der Waals surface area contributed by atoms with Crippen LogP contribution in [0.4, 0.5) is 18.9 Å². The number of sulfonamides is 1. The molecule has 0 amide bonds. The zero-order valence-electron chi connectivity index (χ0n) is 15.7. The maximum absolute atomic E-state index is 13.3. The predicted molar refractivity (Wildman–Crippen MR) is 104 cm³/mol. The quantitative estimate of drug-likeness (QED) is 0.550. The van der Waals surface area contributed by atoms with E-state index in [0.29, 0.717) is 28.6 Å². The number of pyridine rings is 1. The number of alkyl halides is 3. The lowest BCUT2D eigenvalue weighted by atomic mass is 10.2. The van der Waals surface area contributed by atoms with Crippen molar-refractivity contribution >= 4 is 15.7 Å². The van der Waals surface area contributed by atoms with Crippen molar-refractivity contribution in [1.82, 2.24) is 4.98 Å². The first-order chi connectivity index (χ1) is 14.7. The highest BCUT2D eigenvalue weighted by atomic mass is 32.2. The minimum absolute atomic E-state index is 0.105. The zero-order valence-corrected chi connectivity index (χ0v) is 16.6. The number of rotatable bonds is 6. The lowest BCUT2D eigenvalue weighted by Crippen LogP contribution is -2.40.